The van der Waals surface area contributed by atoms with E-state index in [1.54, 1.807) is 6.92 Å². The number of carboxylic acids is 1. The number of aliphatic carboxylic acids is 1. The first-order valence-electron chi connectivity index (χ1n) is 6.20. The molecule has 0 radical (unpaired) electrons. The van der Waals surface area contributed by atoms with E-state index in [9.17, 15) is 24.8 Å². The number of carbonyl (C=O) groups is 2. The molecule has 8 nitrogen and oxygen atoms in total. The molecule has 0 heterocycles. The van der Waals surface area contributed by atoms with Crippen molar-refractivity contribution in [3.63, 3.8) is 0 Å². The van der Waals surface area contributed by atoms with Crippen molar-refractivity contribution in [2.45, 2.75) is 25.8 Å². The van der Waals surface area contributed by atoms with Crippen LogP contribution in [0, 0.1) is 10.1 Å². The summed E-state index contributed by atoms with van der Waals surface area (Å²) in [6.45, 7) is 1.58. The van der Waals surface area contributed by atoms with E-state index in [2.05, 4.69) is 5.32 Å². The molecule has 0 bridgehead atoms. The number of hydrogen-bond acceptors (Lipinski definition) is 6. The van der Waals surface area contributed by atoms with Gasteiger partial charge in [-0.3, -0.25) is 14.9 Å². The molecule has 1 rings (SSSR count). The van der Waals surface area contributed by atoms with E-state index >= 15 is 0 Å². The number of amides is 1. The zero-order chi connectivity index (χ0) is 16.0. The van der Waals surface area contributed by atoms with Gasteiger partial charge in [-0.25, -0.2) is 0 Å². The number of methoxy groups -OCH3 is 1. The minimum Gasteiger partial charge on any atom is -0.548 e. The van der Waals surface area contributed by atoms with Gasteiger partial charge < -0.3 is 20.0 Å². The first kappa shape index (κ1) is 21.0. The normalized spacial score (nSPS) is 11.0. The Labute approximate surface area is 169 Å². The predicted octanol–water partition coefficient (Wildman–Crippen LogP) is -3.21. The van der Waals surface area contributed by atoms with Gasteiger partial charge in [0.1, 0.15) is 0 Å². The van der Waals surface area contributed by atoms with Crippen LogP contribution in [0.2, 0.25) is 0 Å². The Morgan fingerprint density at radius 3 is 2.50 bits per heavy atom. The molecule has 0 spiro atoms. The molecule has 0 aromatic heterocycles. The molecular formula is C13H15KN2O6. The maximum absolute atomic E-state index is 11.3. The molecule has 0 aliphatic rings. The molecule has 0 saturated carbocycles. The summed E-state index contributed by atoms with van der Waals surface area (Å²) in [5, 5.41) is 24.2. The van der Waals surface area contributed by atoms with Gasteiger partial charge in [-0.2, -0.15) is 0 Å². The second-order valence-corrected chi connectivity index (χ2v) is 4.26. The van der Waals surface area contributed by atoms with Crippen molar-refractivity contribution in [1.29, 1.82) is 0 Å². The van der Waals surface area contributed by atoms with Gasteiger partial charge in [0, 0.05) is 12.5 Å². The molecule has 1 unspecified atom stereocenters. The Bertz CT molecular complexity index is 563. The summed E-state index contributed by atoms with van der Waals surface area (Å²) in [5.41, 5.74) is 0.113. The number of hydrogen-bond donors (Lipinski definition) is 1. The summed E-state index contributed by atoms with van der Waals surface area (Å²) in [7, 11) is 1.30. The Morgan fingerprint density at radius 1 is 1.41 bits per heavy atom. The zero-order valence-corrected chi connectivity index (χ0v) is 15.7. The molecular weight excluding hydrogens is 319 g/mol. The molecule has 0 saturated heterocycles. The van der Waals surface area contributed by atoms with Crippen LogP contribution < -0.4 is 66.5 Å². The molecule has 1 aromatic rings. The molecule has 114 valence electrons. The van der Waals surface area contributed by atoms with Crippen molar-refractivity contribution >= 4 is 17.6 Å². The fourth-order valence-corrected chi connectivity index (χ4v) is 1.73. The van der Waals surface area contributed by atoms with Crippen LogP contribution in [0.1, 0.15) is 18.9 Å². The quantitative estimate of drug-likeness (QED) is 0.318. The number of nitro benzene ring substituents is 1. The maximum Gasteiger partial charge on any atom is 1.00 e. The summed E-state index contributed by atoms with van der Waals surface area (Å²) in [6.07, 6.45) is 0.0193. The Balaban J connectivity index is 0.00000441. The van der Waals surface area contributed by atoms with Gasteiger partial charge in [-0.15, -0.1) is 0 Å². The van der Waals surface area contributed by atoms with Crippen LogP contribution in [-0.2, 0) is 16.0 Å². The topological polar surface area (TPSA) is 122 Å². The fraction of sp³-hybridized carbons (Fsp3) is 0.385. The maximum atomic E-state index is 11.3. The van der Waals surface area contributed by atoms with Crippen molar-refractivity contribution in [3.05, 3.63) is 33.9 Å². The van der Waals surface area contributed by atoms with E-state index < -0.39 is 22.8 Å². The second-order valence-electron chi connectivity index (χ2n) is 4.26. The minimum atomic E-state index is -1.45. The molecule has 0 aliphatic heterocycles. The van der Waals surface area contributed by atoms with Crippen LogP contribution in [-0.4, -0.2) is 30.0 Å². The number of nitrogens with zero attached hydrogens (tertiary/aromatic N) is 1. The van der Waals surface area contributed by atoms with Gasteiger partial charge in [0.25, 0.3) is 0 Å². The number of ether oxygens (including phenoxy) is 1. The summed E-state index contributed by atoms with van der Waals surface area (Å²) >= 11 is 0. The molecule has 22 heavy (non-hydrogen) atoms. The molecule has 0 fully saturated rings. The molecule has 1 aromatic carbocycles. The van der Waals surface area contributed by atoms with Crippen molar-refractivity contribution in [2.75, 3.05) is 7.11 Å². The SMILES string of the molecule is CCC(=O)NC(Cc1ccc(OC)c([N+](=O)[O-])c1)C(=O)[O-].[K+]. The van der Waals surface area contributed by atoms with Gasteiger partial charge in [-0.1, -0.05) is 13.0 Å². The average Bonchev–Trinajstić information content (AvgIpc) is 2.45. The third-order valence-corrected chi connectivity index (χ3v) is 2.82. The van der Waals surface area contributed by atoms with Crippen molar-refractivity contribution < 1.29 is 75.7 Å². The summed E-state index contributed by atoms with van der Waals surface area (Å²) in [5.74, 6) is -1.81. The third kappa shape index (κ3) is 6.01. The zero-order valence-electron chi connectivity index (χ0n) is 12.6. The Hall–Kier alpha value is -1.00. The summed E-state index contributed by atoms with van der Waals surface area (Å²) < 4.78 is 4.86. The number of nitro groups is 1. The van der Waals surface area contributed by atoms with Gasteiger partial charge in [0.2, 0.25) is 5.91 Å². The number of benzene rings is 1. The van der Waals surface area contributed by atoms with E-state index in [0.29, 0.717) is 5.56 Å². The van der Waals surface area contributed by atoms with Gasteiger partial charge in [-0.05, 0) is 18.1 Å². The molecule has 1 atom stereocenters. The van der Waals surface area contributed by atoms with Crippen LogP contribution in [0.3, 0.4) is 0 Å². The van der Waals surface area contributed by atoms with Crippen LogP contribution in [0.4, 0.5) is 5.69 Å². The van der Waals surface area contributed by atoms with Crippen LogP contribution in [0.5, 0.6) is 5.75 Å². The van der Waals surface area contributed by atoms with Gasteiger partial charge >= 0.3 is 57.1 Å². The number of carboxylic acid groups (broad SMARTS) is 1. The Kier molecular flexibility index (Phi) is 9.45. The summed E-state index contributed by atoms with van der Waals surface area (Å²) in [6, 6.07) is 2.85. The first-order chi connectivity index (χ1) is 9.88. The van der Waals surface area contributed by atoms with Crippen molar-refractivity contribution in [1.82, 2.24) is 5.32 Å². The number of nitrogens with one attached hydrogen (secondary N) is 1. The van der Waals surface area contributed by atoms with E-state index in [1.165, 1.54) is 25.3 Å². The fourth-order valence-electron chi connectivity index (χ4n) is 1.73. The number of carbonyl (C=O) groups excluding carboxylic acids is 2. The standard InChI is InChI=1S/C13H16N2O6.K/c1-3-12(16)14-9(13(17)18)6-8-4-5-11(21-2)10(7-8)15(19)20;/h4-5,7,9H,3,6H2,1-2H3,(H,14,16)(H,17,18);/q;+1/p-1. The average molecular weight is 334 g/mol. The predicted molar refractivity (Wildman–Crippen MR) is 70.6 cm³/mol. The van der Waals surface area contributed by atoms with Crippen LogP contribution in [0.15, 0.2) is 18.2 Å². The third-order valence-electron chi connectivity index (χ3n) is 2.82. The molecule has 1 amide bonds. The van der Waals surface area contributed by atoms with E-state index in [0.717, 1.165) is 0 Å². The van der Waals surface area contributed by atoms with Crippen molar-refractivity contribution in [3.8, 4) is 5.75 Å². The second kappa shape index (κ2) is 9.90. The number of rotatable bonds is 7. The molecule has 9 heteroatoms. The smallest absolute Gasteiger partial charge is 0.548 e. The van der Waals surface area contributed by atoms with Crippen LogP contribution >= 0.6 is 0 Å². The van der Waals surface area contributed by atoms with Gasteiger partial charge in [0.15, 0.2) is 5.75 Å². The van der Waals surface area contributed by atoms with E-state index in [-0.39, 0.29) is 75.7 Å². The van der Waals surface area contributed by atoms with E-state index in [1.807, 2.05) is 0 Å². The first-order valence-corrected chi connectivity index (χ1v) is 6.20. The molecule has 1 N–H and O–H groups in total. The van der Waals surface area contributed by atoms with Gasteiger partial charge in [0.05, 0.1) is 24.0 Å². The minimum absolute atomic E-state index is 0. The summed E-state index contributed by atoms with van der Waals surface area (Å²) in [4.78, 5) is 32.6. The Morgan fingerprint density at radius 2 is 2.05 bits per heavy atom. The van der Waals surface area contributed by atoms with E-state index in [4.69, 9.17) is 4.74 Å². The monoisotopic (exact) mass is 334 g/mol. The van der Waals surface area contributed by atoms with Crippen molar-refractivity contribution in [2.24, 2.45) is 0 Å². The molecule has 0 aliphatic carbocycles. The largest absolute Gasteiger partial charge is 1.00 e. The van der Waals surface area contributed by atoms with Crippen LogP contribution in [0.25, 0.3) is 0 Å².